The van der Waals surface area contributed by atoms with Gasteiger partial charge in [0.2, 0.25) is 0 Å². The molecule has 6 nitrogen and oxygen atoms in total. The molecule has 0 radical (unpaired) electrons. The van der Waals surface area contributed by atoms with Gasteiger partial charge in [0.05, 0.1) is 5.56 Å². The first-order valence-electron chi connectivity index (χ1n) is 5.24. The Morgan fingerprint density at radius 2 is 2.33 bits per heavy atom. The largest absolute Gasteiger partial charge is 0.439 e. The fourth-order valence-corrected chi connectivity index (χ4v) is 1.98. The summed E-state index contributed by atoms with van der Waals surface area (Å²) in [5.74, 6) is -0.242. The lowest BCUT2D eigenvalue weighted by molar-refractivity contribution is 0.388. The van der Waals surface area contributed by atoms with Crippen molar-refractivity contribution in [1.82, 2.24) is 14.7 Å². The predicted octanol–water partition coefficient (Wildman–Crippen LogP) is 1.39. The standard InChI is InChI=1S/C12H8N4O2/c1-16-6-8(5-13)9-4-7(2-3-10(9)16)11-14-12(17)18-15-11/h2-4,6H,1H3,(H,14,15,17). The third-order valence-electron chi connectivity index (χ3n) is 2.82. The maximum absolute atomic E-state index is 10.9. The van der Waals surface area contributed by atoms with Crippen LogP contribution < -0.4 is 5.76 Å². The number of benzene rings is 1. The van der Waals surface area contributed by atoms with Gasteiger partial charge < -0.3 is 4.57 Å². The van der Waals surface area contributed by atoms with Crippen molar-refractivity contribution in [3.8, 4) is 17.5 Å². The highest BCUT2D eigenvalue weighted by Crippen LogP contribution is 2.25. The molecule has 0 aliphatic heterocycles. The summed E-state index contributed by atoms with van der Waals surface area (Å²) in [4.78, 5) is 13.4. The van der Waals surface area contributed by atoms with Crippen LogP contribution in [0.25, 0.3) is 22.3 Å². The maximum Gasteiger partial charge on any atom is 0.439 e. The molecule has 6 heteroatoms. The number of hydrogen-bond donors (Lipinski definition) is 1. The van der Waals surface area contributed by atoms with Crippen molar-refractivity contribution in [3.05, 3.63) is 40.5 Å². The summed E-state index contributed by atoms with van der Waals surface area (Å²) < 4.78 is 6.34. The third-order valence-corrected chi connectivity index (χ3v) is 2.82. The lowest BCUT2D eigenvalue weighted by atomic mass is 10.1. The molecular formula is C12H8N4O2. The number of nitriles is 1. The highest BCUT2D eigenvalue weighted by Gasteiger charge is 2.10. The maximum atomic E-state index is 10.9. The van der Waals surface area contributed by atoms with Crippen molar-refractivity contribution in [2.24, 2.45) is 7.05 Å². The molecule has 3 aromatic rings. The molecule has 18 heavy (non-hydrogen) atoms. The molecule has 0 atom stereocenters. The molecule has 2 aromatic heterocycles. The van der Waals surface area contributed by atoms with Crippen LogP contribution in [0.3, 0.4) is 0 Å². The summed E-state index contributed by atoms with van der Waals surface area (Å²) in [6, 6.07) is 7.64. The minimum atomic E-state index is -0.598. The van der Waals surface area contributed by atoms with E-state index in [-0.39, 0.29) is 0 Å². The molecule has 0 aliphatic rings. The van der Waals surface area contributed by atoms with Crippen LogP contribution in [0, 0.1) is 11.3 Å². The van der Waals surface area contributed by atoms with Crippen molar-refractivity contribution in [2.45, 2.75) is 0 Å². The average molecular weight is 240 g/mol. The number of fused-ring (bicyclic) bond motifs is 1. The highest BCUT2D eigenvalue weighted by molar-refractivity contribution is 5.89. The number of aryl methyl sites for hydroxylation is 1. The lowest BCUT2D eigenvalue weighted by Crippen LogP contribution is -1.94. The molecule has 0 spiro atoms. The van der Waals surface area contributed by atoms with Crippen molar-refractivity contribution in [1.29, 1.82) is 5.26 Å². The van der Waals surface area contributed by atoms with E-state index in [1.807, 2.05) is 29.8 Å². The number of H-pyrrole nitrogens is 1. The van der Waals surface area contributed by atoms with Gasteiger partial charge in [0.25, 0.3) is 0 Å². The highest BCUT2D eigenvalue weighted by atomic mass is 16.5. The zero-order chi connectivity index (χ0) is 12.7. The van der Waals surface area contributed by atoms with E-state index in [1.165, 1.54) is 0 Å². The predicted molar refractivity (Wildman–Crippen MR) is 63.8 cm³/mol. The van der Waals surface area contributed by atoms with Gasteiger partial charge >= 0.3 is 5.76 Å². The van der Waals surface area contributed by atoms with E-state index in [4.69, 9.17) is 5.26 Å². The third kappa shape index (κ3) is 1.42. The van der Waals surface area contributed by atoms with Gasteiger partial charge in [-0.3, -0.25) is 9.51 Å². The van der Waals surface area contributed by atoms with Gasteiger partial charge in [0, 0.05) is 29.7 Å². The molecule has 2 heterocycles. The SMILES string of the molecule is Cn1cc(C#N)c2cc(-c3noc(=O)[nH]3)ccc21. The summed E-state index contributed by atoms with van der Waals surface area (Å²) in [5, 5.41) is 13.5. The van der Waals surface area contributed by atoms with Crippen molar-refractivity contribution >= 4 is 10.9 Å². The van der Waals surface area contributed by atoms with E-state index in [0.29, 0.717) is 17.0 Å². The number of hydrogen-bond acceptors (Lipinski definition) is 4. The van der Waals surface area contributed by atoms with Gasteiger partial charge in [-0.2, -0.15) is 5.26 Å². The lowest BCUT2D eigenvalue weighted by Gasteiger charge is -1.98. The first-order chi connectivity index (χ1) is 8.69. The monoisotopic (exact) mass is 240 g/mol. The van der Waals surface area contributed by atoms with E-state index >= 15 is 0 Å². The van der Waals surface area contributed by atoms with Crippen LogP contribution in [0.2, 0.25) is 0 Å². The molecular weight excluding hydrogens is 232 g/mol. The van der Waals surface area contributed by atoms with Gasteiger partial charge in [0.1, 0.15) is 6.07 Å². The van der Waals surface area contributed by atoms with Gasteiger partial charge in [-0.1, -0.05) is 5.16 Å². The topological polar surface area (TPSA) is 87.6 Å². The quantitative estimate of drug-likeness (QED) is 0.696. The van der Waals surface area contributed by atoms with E-state index in [0.717, 1.165) is 10.9 Å². The molecule has 1 N–H and O–H groups in total. The zero-order valence-electron chi connectivity index (χ0n) is 9.47. The number of nitrogens with zero attached hydrogens (tertiary/aromatic N) is 3. The molecule has 0 amide bonds. The summed E-state index contributed by atoms with van der Waals surface area (Å²) in [6.07, 6.45) is 1.76. The van der Waals surface area contributed by atoms with Crippen LogP contribution >= 0.6 is 0 Å². The van der Waals surface area contributed by atoms with Crippen LogP contribution in [-0.4, -0.2) is 14.7 Å². The van der Waals surface area contributed by atoms with Crippen LogP contribution in [0.15, 0.2) is 33.7 Å². The fraction of sp³-hybridized carbons (Fsp3) is 0.0833. The first-order valence-corrected chi connectivity index (χ1v) is 5.24. The molecule has 0 bridgehead atoms. The number of aromatic nitrogens is 3. The van der Waals surface area contributed by atoms with E-state index in [1.54, 1.807) is 6.20 Å². The Labute approximate surface area is 101 Å². The number of nitrogens with one attached hydrogen (secondary N) is 1. The molecule has 0 unspecified atom stereocenters. The Kier molecular flexibility index (Phi) is 2.07. The smallest absolute Gasteiger partial charge is 0.349 e. The van der Waals surface area contributed by atoms with Gasteiger partial charge in [-0.25, -0.2) is 4.79 Å². The van der Waals surface area contributed by atoms with Gasteiger partial charge in [-0.15, -0.1) is 0 Å². The Morgan fingerprint density at radius 3 is 3.00 bits per heavy atom. The van der Waals surface area contributed by atoms with E-state index in [9.17, 15) is 4.79 Å². The normalized spacial score (nSPS) is 10.7. The molecule has 88 valence electrons. The second-order valence-corrected chi connectivity index (χ2v) is 3.94. The van der Waals surface area contributed by atoms with E-state index in [2.05, 4.69) is 20.7 Å². The summed E-state index contributed by atoms with van der Waals surface area (Å²) in [7, 11) is 1.88. The van der Waals surface area contributed by atoms with Crippen molar-refractivity contribution in [3.63, 3.8) is 0 Å². The summed E-state index contributed by atoms with van der Waals surface area (Å²) >= 11 is 0. The Bertz CT molecular complexity index is 832. The fourth-order valence-electron chi connectivity index (χ4n) is 1.98. The molecule has 1 aromatic carbocycles. The number of rotatable bonds is 1. The molecule has 0 fully saturated rings. The molecule has 0 saturated carbocycles. The van der Waals surface area contributed by atoms with E-state index < -0.39 is 5.76 Å². The Morgan fingerprint density at radius 1 is 1.50 bits per heavy atom. The molecule has 0 aliphatic carbocycles. The minimum absolute atomic E-state index is 0.356. The van der Waals surface area contributed by atoms with Crippen LogP contribution in [0.4, 0.5) is 0 Å². The van der Waals surface area contributed by atoms with Gasteiger partial charge in [-0.05, 0) is 18.2 Å². The minimum Gasteiger partial charge on any atom is -0.349 e. The van der Waals surface area contributed by atoms with Gasteiger partial charge in [0.15, 0.2) is 5.82 Å². The summed E-state index contributed by atoms with van der Waals surface area (Å²) in [6.45, 7) is 0. The molecule has 0 saturated heterocycles. The van der Waals surface area contributed by atoms with Crippen LogP contribution in [0.5, 0.6) is 0 Å². The van der Waals surface area contributed by atoms with Crippen molar-refractivity contribution in [2.75, 3.05) is 0 Å². The molecule has 3 rings (SSSR count). The van der Waals surface area contributed by atoms with Crippen molar-refractivity contribution < 1.29 is 4.52 Å². The first kappa shape index (κ1) is 10.4. The summed E-state index contributed by atoms with van der Waals surface area (Å²) in [5.41, 5.74) is 2.23. The second kappa shape index (κ2) is 3.60. The Balaban J connectivity index is 2.28. The van der Waals surface area contributed by atoms with Crippen LogP contribution in [0.1, 0.15) is 5.56 Å². The Hall–Kier alpha value is -2.81. The zero-order valence-corrected chi connectivity index (χ0v) is 9.47. The number of aromatic amines is 1. The van der Waals surface area contributed by atoms with Crippen LogP contribution in [-0.2, 0) is 7.05 Å². The second-order valence-electron chi connectivity index (χ2n) is 3.94. The average Bonchev–Trinajstić information content (AvgIpc) is 2.93.